The van der Waals surface area contributed by atoms with E-state index in [0.717, 1.165) is 11.8 Å². The van der Waals surface area contributed by atoms with Crippen molar-refractivity contribution in [1.82, 2.24) is 20.2 Å². The van der Waals surface area contributed by atoms with Crippen molar-refractivity contribution >= 4 is 23.4 Å². The van der Waals surface area contributed by atoms with E-state index in [1.54, 1.807) is 12.1 Å². The number of hydrogen-bond acceptors (Lipinski definition) is 5. The summed E-state index contributed by atoms with van der Waals surface area (Å²) in [6.07, 6.45) is 0. The number of anilines is 1. The van der Waals surface area contributed by atoms with Gasteiger partial charge in [-0.2, -0.15) is 4.68 Å². The molecule has 1 N–H and O–H groups in total. The van der Waals surface area contributed by atoms with E-state index in [0.29, 0.717) is 10.8 Å². The molecular formula is C15H11F2N5OS. The molecule has 0 fully saturated rings. The van der Waals surface area contributed by atoms with Gasteiger partial charge in [0.15, 0.2) is 0 Å². The first kappa shape index (κ1) is 16.1. The molecule has 3 rings (SSSR count). The summed E-state index contributed by atoms with van der Waals surface area (Å²) in [5.41, 5.74) is 0.546. The number of nitrogens with one attached hydrogen (secondary N) is 1. The second-order valence-electron chi connectivity index (χ2n) is 4.67. The molecule has 0 saturated heterocycles. The van der Waals surface area contributed by atoms with Crippen LogP contribution in [0.4, 0.5) is 14.5 Å². The Kier molecular flexibility index (Phi) is 4.80. The van der Waals surface area contributed by atoms with Crippen LogP contribution in [-0.2, 0) is 4.79 Å². The lowest BCUT2D eigenvalue weighted by molar-refractivity contribution is -0.113. The largest absolute Gasteiger partial charge is 0.323 e. The van der Waals surface area contributed by atoms with Crippen LogP contribution in [0.3, 0.4) is 0 Å². The van der Waals surface area contributed by atoms with E-state index >= 15 is 0 Å². The van der Waals surface area contributed by atoms with Crippen molar-refractivity contribution in [1.29, 1.82) is 0 Å². The van der Waals surface area contributed by atoms with E-state index in [1.807, 2.05) is 0 Å². The number of nitrogens with zero attached hydrogens (tertiary/aromatic N) is 4. The van der Waals surface area contributed by atoms with Crippen LogP contribution in [0.15, 0.2) is 53.7 Å². The summed E-state index contributed by atoms with van der Waals surface area (Å²) in [7, 11) is 0. The predicted octanol–water partition coefficient (Wildman–Crippen LogP) is 2.67. The third-order valence-corrected chi connectivity index (χ3v) is 3.89. The quantitative estimate of drug-likeness (QED) is 0.719. The Labute approximate surface area is 139 Å². The molecule has 0 bridgehead atoms. The normalized spacial score (nSPS) is 10.6. The summed E-state index contributed by atoms with van der Waals surface area (Å²) < 4.78 is 28.1. The van der Waals surface area contributed by atoms with Crippen LogP contribution in [0.25, 0.3) is 5.69 Å². The molecule has 0 aliphatic heterocycles. The highest BCUT2D eigenvalue weighted by Crippen LogP contribution is 2.19. The van der Waals surface area contributed by atoms with Crippen LogP contribution in [0.1, 0.15) is 0 Å². The minimum absolute atomic E-state index is 0.0238. The van der Waals surface area contributed by atoms with Crippen molar-refractivity contribution in [2.45, 2.75) is 5.16 Å². The lowest BCUT2D eigenvalue weighted by Crippen LogP contribution is -2.15. The average Bonchev–Trinajstić information content (AvgIpc) is 3.04. The highest BCUT2D eigenvalue weighted by Gasteiger charge is 2.13. The number of rotatable bonds is 5. The third kappa shape index (κ3) is 3.74. The Morgan fingerprint density at radius 3 is 2.79 bits per heavy atom. The van der Waals surface area contributed by atoms with E-state index in [2.05, 4.69) is 20.8 Å². The smallest absolute Gasteiger partial charge is 0.234 e. The maximum absolute atomic E-state index is 13.5. The molecule has 0 saturated carbocycles. The minimum atomic E-state index is -0.513. The summed E-state index contributed by atoms with van der Waals surface area (Å²) in [4.78, 5) is 11.9. The monoisotopic (exact) mass is 347 g/mol. The van der Waals surface area contributed by atoms with E-state index in [1.165, 1.54) is 41.1 Å². The van der Waals surface area contributed by atoms with Crippen molar-refractivity contribution in [2.75, 3.05) is 11.1 Å². The Hall–Kier alpha value is -2.81. The molecular weight excluding hydrogens is 336 g/mol. The number of amides is 1. The predicted molar refractivity (Wildman–Crippen MR) is 84.9 cm³/mol. The summed E-state index contributed by atoms with van der Waals surface area (Å²) in [5, 5.41) is 13.9. The van der Waals surface area contributed by atoms with Crippen LogP contribution < -0.4 is 5.32 Å². The van der Waals surface area contributed by atoms with Gasteiger partial charge in [0.05, 0.1) is 17.1 Å². The first-order valence-corrected chi connectivity index (χ1v) is 7.83. The van der Waals surface area contributed by atoms with Crippen LogP contribution in [0.5, 0.6) is 0 Å². The van der Waals surface area contributed by atoms with Gasteiger partial charge in [-0.25, -0.2) is 8.78 Å². The fourth-order valence-electron chi connectivity index (χ4n) is 1.92. The molecule has 0 atom stereocenters. The highest BCUT2D eigenvalue weighted by molar-refractivity contribution is 7.99. The van der Waals surface area contributed by atoms with E-state index < -0.39 is 17.5 Å². The fourth-order valence-corrected chi connectivity index (χ4v) is 2.61. The molecule has 3 aromatic rings. The van der Waals surface area contributed by atoms with Gasteiger partial charge in [-0.15, -0.1) is 5.10 Å². The van der Waals surface area contributed by atoms with E-state index in [9.17, 15) is 13.6 Å². The van der Waals surface area contributed by atoms with Crippen LogP contribution in [0, 0.1) is 11.6 Å². The van der Waals surface area contributed by atoms with Crippen LogP contribution >= 0.6 is 11.8 Å². The SMILES string of the molecule is O=C(CSc1nnnn1-c1cccc(F)c1)Nc1ccccc1F. The van der Waals surface area contributed by atoms with Crippen LogP contribution in [0.2, 0.25) is 0 Å². The van der Waals surface area contributed by atoms with Crippen molar-refractivity contribution in [2.24, 2.45) is 0 Å². The lowest BCUT2D eigenvalue weighted by Gasteiger charge is -2.06. The average molecular weight is 347 g/mol. The molecule has 0 aliphatic carbocycles. The number of thioether (sulfide) groups is 1. The molecule has 24 heavy (non-hydrogen) atoms. The van der Waals surface area contributed by atoms with E-state index in [4.69, 9.17) is 0 Å². The molecule has 0 spiro atoms. The second kappa shape index (κ2) is 7.18. The topological polar surface area (TPSA) is 72.7 Å². The van der Waals surface area contributed by atoms with Gasteiger partial charge in [0.2, 0.25) is 11.1 Å². The Balaban J connectivity index is 1.67. The number of aromatic nitrogens is 4. The third-order valence-electron chi connectivity index (χ3n) is 2.97. The first-order valence-electron chi connectivity index (χ1n) is 6.85. The molecule has 9 heteroatoms. The van der Waals surface area contributed by atoms with Gasteiger partial charge in [0.1, 0.15) is 11.6 Å². The molecule has 1 aromatic heterocycles. The number of benzene rings is 2. The summed E-state index contributed by atoms with van der Waals surface area (Å²) >= 11 is 1.06. The van der Waals surface area contributed by atoms with Crippen molar-refractivity contribution in [3.8, 4) is 5.69 Å². The Morgan fingerprint density at radius 2 is 2.00 bits per heavy atom. The summed E-state index contributed by atoms with van der Waals surface area (Å²) in [6, 6.07) is 11.6. The molecule has 2 aromatic carbocycles. The van der Waals surface area contributed by atoms with Gasteiger partial charge in [-0.3, -0.25) is 4.79 Å². The van der Waals surface area contributed by atoms with Gasteiger partial charge < -0.3 is 5.32 Å². The molecule has 122 valence electrons. The van der Waals surface area contributed by atoms with Crippen molar-refractivity contribution in [3.63, 3.8) is 0 Å². The molecule has 0 radical (unpaired) electrons. The lowest BCUT2D eigenvalue weighted by atomic mass is 10.3. The van der Waals surface area contributed by atoms with Gasteiger partial charge in [-0.05, 0) is 40.8 Å². The standard InChI is InChI=1S/C15H11F2N5OS/c16-10-4-3-5-11(8-10)22-15(19-20-21-22)24-9-14(23)18-13-7-2-1-6-12(13)17/h1-8H,9H2,(H,18,23). The van der Waals surface area contributed by atoms with Gasteiger partial charge >= 0.3 is 0 Å². The maximum atomic E-state index is 13.5. The van der Waals surface area contributed by atoms with Crippen LogP contribution in [-0.4, -0.2) is 31.9 Å². The maximum Gasteiger partial charge on any atom is 0.234 e. The van der Waals surface area contributed by atoms with Gasteiger partial charge in [-0.1, -0.05) is 30.0 Å². The zero-order chi connectivity index (χ0) is 16.9. The van der Waals surface area contributed by atoms with Crippen molar-refractivity contribution in [3.05, 3.63) is 60.2 Å². The highest BCUT2D eigenvalue weighted by atomic mass is 32.2. The van der Waals surface area contributed by atoms with E-state index in [-0.39, 0.29) is 11.4 Å². The molecule has 6 nitrogen and oxygen atoms in total. The molecule has 1 heterocycles. The van der Waals surface area contributed by atoms with Gasteiger partial charge in [0.25, 0.3) is 0 Å². The molecule has 0 unspecified atom stereocenters. The number of carbonyl (C=O) groups is 1. The molecule has 0 aliphatic rings. The number of hydrogen-bond donors (Lipinski definition) is 1. The first-order chi connectivity index (χ1) is 11.6. The number of para-hydroxylation sites is 1. The molecule has 1 amide bonds. The summed E-state index contributed by atoms with van der Waals surface area (Å²) in [5.74, 6) is -1.36. The Bertz CT molecular complexity index is 870. The minimum Gasteiger partial charge on any atom is -0.323 e. The zero-order valence-corrected chi connectivity index (χ0v) is 13.0. The zero-order valence-electron chi connectivity index (χ0n) is 12.2. The number of carbonyl (C=O) groups excluding carboxylic acids is 1. The summed E-state index contributed by atoms with van der Waals surface area (Å²) in [6.45, 7) is 0. The Morgan fingerprint density at radius 1 is 1.17 bits per heavy atom. The fraction of sp³-hybridized carbons (Fsp3) is 0.0667. The second-order valence-corrected chi connectivity index (χ2v) is 5.61. The number of halogens is 2. The van der Waals surface area contributed by atoms with Gasteiger partial charge in [0, 0.05) is 0 Å². The van der Waals surface area contributed by atoms with Crippen molar-refractivity contribution < 1.29 is 13.6 Å². The number of tetrazole rings is 1.